The van der Waals surface area contributed by atoms with Gasteiger partial charge in [0.2, 0.25) is 0 Å². The molecule has 4 heteroatoms. The number of anilines is 1. The van der Waals surface area contributed by atoms with Gasteiger partial charge in [-0.25, -0.2) is 15.3 Å². The van der Waals surface area contributed by atoms with Crippen molar-refractivity contribution in [3.63, 3.8) is 0 Å². The molecule has 1 aliphatic rings. The molecule has 1 N–H and O–H groups in total. The molecule has 0 saturated carbocycles. The van der Waals surface area contributed by atoms with E-state index in [2.05, 4.69) is 20.6 Å². The lowest BCUT2D eigenvalue weighted by molar-refractivity contribution is 1.07. The molecule has 55 valence electrons. The van der Waals surface area contributed by atoms with E-state index < -0.39 is 0 Å². The fourth-order valence-corrected chi connectivity index (χ4v) is 1.02. The van der Waals surface area contributed by atoms with Crippen molar-refractivity contribution in [3.05, 3.63) is 18.1 Å². The highest BCUT2D eigenvalue weighted by Gasteiger charge is 2.11. The number of hydrogen-bond donors (Lipinski definition) is 1. The lowest BCUT2D eigenvalue weighted by atomic mass is 10.3. The lowest BCUT2D eigenvalue weighted by Gasteiger charge is -2.01. The minimum Gasteiger partial charge on any atom is -0.372 e. The highest BCUT2D eigenvalue weighted by Crippen LogP contribution is 2.24. The molecule has 0 unspecified atom stereocenters. The number of fused-ring (bicyclic) bond motifs is 1. The highest BCUT2D eigenvalue weighted by atomic mass is 15.1. The summed E-state index contributed by atoms with van der Waals surface area (Å²) in [6.45, 7) is 0. The molecule has 1 aromatic heterocycles. The van der Waals surface area contributed by atoms with E-state index in [1.807, 2.05) is 13.1 Å². The second-order valence-corrected chi connectivity index (χ2v) is 2.15. The van der Waals surface area contributed by atoms with Gasteiger partial charge in [0.15, 0.2) is 5.82 Å². The van der Waals surface area contributed by atoms with Crippen LogP contribution in [0.3, 0.4) is 0 Å². The molecule has 1 radical (unpaired) electrons. The quantitative estimate of drug-likeness (QED) is 0.637. The predicted molar refractivity (Wildman–Crippen MR) is 42.4 cm³/mol. The van der Waals surface area contributed by atoms with Gasteiger partial charge in [0.25, 0.3) is 0 Å². The van der Waals surface area contributed by atoms with Crippen molar-refractivity contribution in [2.75, 3.05) is 12.4 Å². The second-order valence-electron chi connectivity index (χ2n) is 2.15. The Morgan fingerprint density at radius 3 is 3.09 bits per heavy atom. The van der Waals surface area contributed by atoms with Crippen LogP contribution in [0.2, 0.25) is 0 Å². The third-order valence-corrected chi connectivity index (χ3v) is 1.54. The molecule has 11 heavy (non-hydrogen) atoms. The molecular formula is C7H7N4. The largest absolute Gasteiger partial charge is 0.372 e. The van der Waals surface area contributed by atoms with Gasteiger partial charge in [-0.05, 0) is 6.08 Å². The van der Waals surface area contributed by atoms with E-state index in [1.165, 1.54) is 6.33 Å². The topological polar surface area (TPSA) is 51.9 Å². The zero-order valence-electron chi connectivity index (χ0n) is 6.07. The smallest absolute Gasteiger partial charge is 0.164 e. The molecule has 4 nitrogen and oxygen atoms in total. The number of rotatable bonds is 1. The minimum absolute atomic E-state index is 0.740. The van der Waals surface area contributed by atoms with Gasteiger partial charge in [-0.15, -0.1) is 0 Å². The summed E-state index contributed by atoms with van der Waals surface area (Å²) in [4.78, 5) is 8.02. The van der Waals surface area contributed by atoms with Crippen molar-refractivity contribution in [3.8, 4) is 0 Å². The second kappa shape index (κ2) is 2.23. The molecule has 0 bridgehead atoms. The van der Waals surface area contributed by atoms with Crippen molar-refractivity contribution in [1.82, 2.24) is 15.3 Å². The van der Waals surface area contributed by atoms with E-state index in [4.69, 9.17) is 0 Å². The molecule has 0 aliphatic carbocycles. The van der Waals surface area contributed by atoms with E-state index in [0.29, 0.717) is 0 Å². The fraction of sp³-hybridized carbons (Fsp3) is 0.143. The Morgan fingerprint density at radius 1 is 1.36 bits per heavy atom. The van der Waals surface area contributed by atoms with Gasteiger partial charge in [0.1, 0.15) is 12.1 Å². The Morgan fingerprint density at radius 2 is 2.27 bits per heavy atom. The molecule has 1 aliphatic heterocycles. The van der Waals surface area contributed by atoms with Crippen LogP contribution in [-0.2, 0) is 0 Å². The van der Waals surface area contributed by atoms with Gasteiger partial charge >= 0.3 is 0 Å². The van der Waals surface area contributed by atoms with Crippen molar-refractivity contribution >= 4 is 17.7 Å². The van der Waals surface area contributed by atoms with Crippen LogP contribution in [0, 0.1) is 0 Å². The van der Waals surface area contributed by atoms with E-state index in [-0.39, 0.29) is 0 Å². The SMILES string of the molecule is CNc1ncnc2c1C=C[N]2. The number of hydrogen-bond acceptors (Lipinski definition) is 3. The van der Waals surface area contributed by atoms with E-state index in [9.17, 15) is 0 Å². The van der Waals surface area contributed by atoms with Crippen molar-refractivity contribution in [2.24, 2.45) is 0 Å². The summed E-state index contributed by atoms with van der Waals surface area (Å²) >= 11 is 0. The van der Waals surface area contributed by atoms with Gasteiger partial charge in [-0.1, -0.05) is 0 Å². The fourth-order valence-electron chi connectivity index (χ4n) is 1.02. The summed E-state index contributed by atoms with van der Waals surface area (Å²) in [6.07, 6.45) is 5.11. The normalized spacial score (nSPS) is 12.5. The van der Waals surface area contributed by atoms with Crippen LogP contribution in [-0.4, -0.2) is 17.0 Å². The Kier molecular flexibility index (Phi) is 1.25. The van der Waals surface area contributed by atoms with Crippen molar-refractivity contribution < 1.29 is 0 Å². The molecule has 0 fully saturated rings. The molecule has 0 amide bonds. The molecule has 1 aromatic rings. The number of nitrogens with zero attached hydrogens (tertiary/aromatic N) is 3. The summed E-state index contributed by atoms with van der Waals surface area (Å²) < 4.78 is 0. The van der Waals surface area contributed by atoms with Crippen LogP contribution in [0.25, 0.3) is 6.08 Å². The van der Waals surface area contributed by atoms with Gasteiger partial charge in [0.05, 0.1) is 5.56 Å². The molecule has 0 spiro atoms. The van der Waals surface area contributed by atoms with E-state index >= 15 is 0 Å². The zero-order valence-corrected chi connectivity index (χ0v) is 6.07. The Bertz CT molecular complexity index is 305. The van der Waals surface area contributed by atoms with Gasteiger partial charge in [0, 0.05) is 13.2 Å². The third-order valence-electron chi connectivity index (χ3n) is 1.54. The summed E-state index contributed by atoms with van der Waals surface area (Å²) in [7, 11) is 1.83. The van der Waals surface area contributed by atoms with Crippen LogP contribution in [0.1, 0.15) is 5.56 Å². The van der Waals surface area contributed by atoms with Gasteiger partial charge in [-0.3, -0.25) is 0 Å². The lowest BCUT2D eigenvalue weighted by Crippen LogP contribution is -1.97. The standard InChI is InChI=1S/C7H7N4/c1-8-6-5-2-3-9-7(5)11-4-10-6/h2-4H,1H3,(H,8,10,11). The molecule has 0 atom stereocenters. The summed E-state index contributed by atoms with van der Waals surface area (Å²) in [5.74, 6) is 1.57. The van der Waals surface area contributed by atoms with E-state index in [0.717, 1.165) is 17.2 Å². The first-order valence-electron chi connectivity index (χ1n) is 3.32. The molecule has 2 heterocycles. The molecule has 2 rings (SSSR count). The van der Waals surface area contributed by atoms with Crippen molar-refractivity contribution in [1.29, 1.82) is 0 Å². The van der Waals surface area contributed by atoms with Gasteiger partial charge < -0.3 is 5.32 Å². The number of aromatic nitrogens is 2. The maximum atomic E-state index is 4.04. The monoisotopic (exact) mass is 147 g/mol. The van der Waals surface area contributed by atoms with Crippen LogP contribution in [0.5, 0.6) is 0 Å². The van der Waals surface area contributed by atoms with Crippen LogP contribution in [0.4, 0.5) is 11.6 Å². The average Bonchev–Trinajstić information content (AvgIpc) is 2.50. The summed E-state index contributed by atoms with van der Waals surface area (Å²) in [5, 5.41) is 7.00. The maximum absolute atomic E-state index is 4.04. The molecule has 0 aromatic carbocycles. The summed E-state index contributed by atoms with van der Waals surface area (Å²) in [5.41, 5.74) is 0.968. The predicted octanol–water partition coefficient (Wildman–Crippen LogP) is 0.738. The van der Waals surface area contributed by atoms with Crippen LogP contribution in [0.15, 0.2) is 12.5 Å². The highest BCUT2D eigenvalue weighted by molar-refractivity contribution is 5.74. The minimum atomic E-state index is 0.740. The first-order chi connectivity index (χ1) is 5.42. The summed E-state index contributed by atoms with van der Waals surface area (Å²) in [6, 6.07) is 0. The maximum Gasteiger partial charge on any atom is 0.164 e. The third kappa shape index (κ3) is 0.832. The van der Waals surface area contributed by atoms with Crippen LogP contribution < -0.4 is 10.6 Å². The van der Waals surface area contributed by atoms with Crippen LogP contribution >= 0.6 is 0 Å². The molecule has 0 saturated heterocycles. The average molecular weight is 147 g/mol. The molecular weight excluding hydrogens is 140 g/mol. The Labute approximate surface area is 64.4 Å². The zero-order chi connectivity index (χ0) is 7.68. The first-order valence-corrected chi connectivity index (χ1v) is 3.32. The van der Waals surface area contributed by atoms with Gasteiger partial charge in [-0.2, -0.15) is 0 Å². The van der Waals surface area contributed by atoms with Crippen molar-refractivity contribution in [2.45, 2.75) is 0 Å². The Balaban J connectivity index is 2.57. The first kappa shape index (κ1) is 6.15. The van der Waals surface area contributed by atoms with E-state index in [1.54, 1.807) is 6.20 Å². The number of nitrogens with one attached hydrogen (secondary N) is 1. The Hall–Kier alpha value is -1.58.